The maximum atomic E-state index is 9.26. The molecule has 0 radical (unpaired) electrons. The van der Waals surface area contributed by atoms with Gasteiger partial charge in [-0.15, -0.1) is 0 Å². The van der Waals surface area contributed by atoms with Gasteiger partial charge in [-0.3, -0.25) is 4.98 Å². The molecule has 0 saturated heterocycles. The fourth-order valence-corrected chi connectivity index (χ4v) is 1.27. The monoisotopic (exact) mass is 194 g/mol. The number of rotatable bonds is 3. The lowest BCUT2D eigenvalue weighted by Crippen LogP contribution is -2.44. The molecule has 0 unspecified atom stereocenters. The Hall–Kier alpha value is -1.09. The molecule has 1 N–H and O–H groups in total. The SMILES string of the molecule is Cc1cnccc1N(C)C(C)(C)CO. The van der Waals surface area contributed by atoms with Crippen LogP contribution in [-0.4, -0.2) is 29.3 Å². The van der Waals surface area contributed by atoms with Crippen molar-refractivity contribution in [2.45, 2.75) is 26.3 Å². The van der Waals surface area contributed by atoms with E-state index in [1.807, 2.05) is 40.1 Å². The summed E-state index contributed by atoms with van der Waals surface area (Å²) in [7, 11) is 1.98. The van der Waals surface area contributed by atoms with Crippen LogP contribution in [0.2, 0.25) is 0 Å². The number of hydrogen-bond donors (Lipinski definition) is 1. The average Bonchev–Trinajstić information content (AvgIpc) is 2.17. The van der Waals surface area contributed by atoms with Gasteiger partial charge < -0.3 is 10.0 Å². The zero-order valence-corrected chi connectivity index (χ0v) is 9.28. The van der Waals surface area contributed by atoms with E-state index >= 15 is 0 Å². The summed E-state index contributed by atoms with van der Waals surface area (Å²) in [5.41, 5.74) is 1.99. The number of hydrogen-bond acceptors (Lipinski definition) is 3. The summed E-state index contributed by atoms with van der Waals surface area (Å²) >= 11 is 0. The van der Waals surface area contributed by atoms with E-state index in [4.69, 9.17) is 0 Å². The fraction of sp³-hybridized carbons (Fsp3) is 0.545. The lowest BCUT2D eigenvalue weighted by atomic mass is 10.0. The zero-order chi connectivity index (χ0) is 10.8. The first-order chi connectivity index (χ1) is 6.49. The molecule has 1 aromatic heterocycles. The van der Waals surface area contributed by atoms with E-state index in [2.05, 4.69) is 9.88 Å². The molecule has 14 heavy (non-hydrogen) atoms. The van der Waals surface area contributed by atoms with Crippen LogP contribution in [0.15, 0.2) is 18.5 Å². The van der Waals surface area contributed by atoms with Gasteiger partial charge in [0.15, 0.2) is 0 Å². The number of anilines is 1. The number of nitrogens with zero attached hydrogens (tertiary/aromatic N) is 2. The highest BCUT2D eigenvalue weighted by Gasteiger charge is 2.23. The first-order valence-corrected chi connectivity index (χ1v) is 4.74. The number of pyridine rings is 1. The highest BCUT2D eigenvalue weighted by molar-refractivity contribution is 5.52. The molecular weight excluding hydrogens is 176 g/mol. The minimum Gasteiger partial charge on any atom is -0.394 e. The van der Waals surface area contributed by atoms with Crippen molar-refractivity contribution in [2.24, 2.45) is 0 Å². The van der Waals surface area contributed by atoms with Crippen LogP contribution in [0, 0.1) is 6.92 Å². The van der Waals surface area contributed by atoms with Gasteiger partial charge in [0.2, 0.25) is 0 Å². The van der Waals surface area contributed by atoms with Crippen molar-refractivity contribution in [1.29, 1.82) is 0 Å². The molecule has 0 aliphatic heterocycles. The van der Waals surface area contributed by atoms with Crippen LogP contribution in [0.4, 0.5) is 5.69 Å². The van der Waals surface area contributed by atoms with Gasteiger partial charge in [-0.1, -0.05) is 0 Å². The Morgan fingerprint density at radius 3 is 2.64 bits per heavy atom. The van der Waals surface area contributed by atoms with E-state index in [-0.39, 0.29) is 12.1 Å². The molecule has 1 heterocycles. The molecule has 0 aromatic carbocycles. The standard InChI is InChI=1S/C11H18N2O/c1-9-7-12-6-5-10(9)13(4)11(2,3)8-14/h5-7,14H,8H2,1-4H3. The molecule has 3 heteroatoms. The van der Waals surface area contributed by atoms with E-state index in [9.17, 15) is 5.11 Å². The molecule has 0 aliphatic carbocycles. The number of aliphatic hydroxyl groups excluding tert-OH is 1. The molecule has 1 aromatic rings. The van der Waals surface area contributed by atoms with Crippen molar-refractivity contribution in [1.82, 2.24) is 4.98 Å². The summed E-state index contributed by atoms with van der Waals surface area (Å²) in [5.74, 6) is 0. The molecule has 0 saturated carbocycles. The van der Waals surface area contributed by atoms with Gasteiger partial charge >= 0.3 is 0 Å². The Kier molecular flexibility index (Phi) is 3.11. The van der Waals surface area contributed by atoms with E-state index in [1.54, 1.807) is 6.20 Å². The van der Waals surface area contributed by atoms with Crippen LogP contribution in [0.3, 0.4) is 0 Å². The molecule has 0 fully saturated rings. The Bertz CT molecular complexity index is 310. The maximum Gasteiger partial charge on any atom is 0.0658 e. The highest BCUT2D eigenvalue weighted by Crippen LogP contribution is 2.24. The quantitative estimate of drug-likeness (QED) is 0.794. The molecule has 1 rings (SSSR count). The van der Waals surface area contributed by atoms with Gasteiger partial charge in [-0.25, -0.2) is 0 Å². The van der Waals surface area contributed by atoms with Crippen molar-refractivity contribution >= 4 is 5.69 Å². The van der Waals surface area contributed by atoms with Crippen LogP contribution in [0.25, 0.3) is 0 Å². The Morgan fingerprint density at radius 2 is 2.14 bits per heavy atom. The molecule has 0 bridgehead atoms. The largest absolute Gasteiger partial charge is 0.394 e. The second-order valence-corrected chi connectivity index (χ2v) is 4.19. The van der Waals surface area contributed by atoms with Gasteiger partial charge in [0, 0.05) is 25.1 Å². The lowest BCUT2D eigenvalue weighted by Gasteiger charge is -2.36. The Morgan fingerprint density at radius 1 is 1.50 bits per heavy atom. The van der Waals surface area contributed by atoms with Crippen LogP contribution in [0.1, 0.15) is 19.4 Å². The number of aliphatic hydroxyl groups is 1. The van der Waals surface area contributed by atoms with E-state index < -0.39 is 0 Å². The molecule has 0 atom stereocenters. The number of likely N-dealkylation sites (N-methyl/N-ethyl adjacent to an activating group) is 1. The number of aromatic nitrogens is 1. The molecule has 78 valence electrons. The lowest BCUT2D eigenvalue weighted by molar-refractivity contribution is 0.216. The summed E-state index contributed by atoms with van der Waals surface area (Å²) < 4.78 is 0. The molecule has 0 amide bonds. The fourth-order valence-electron chi connectivity index (χ4n) is 1.27. The van der Waals surface area contributed by atoms with Crippen LogP contribution in [-0.2, 0) is 0 Å². The topological polar surface area (TPSA) is 36.4 Å². The summed E-state index contributed by atoms with van der Waals surface area (Å²) in [5, 5.41) is 9.26. The van der Waals surface area contributed by atoms with Crippen molar-refractivity contribution in [3.8, 4) is 0 Å². The van der Waals surface area contributed by atoms with Crippen molar-refractivity contribution in [3.63, 3.8) is 0 Å². The first-order valence-electron chi connectivity index (χ1n) is 4.74. The van der Waals surface area contributed by atoms with Gasteiger partial charge in [0.1, 0.15) is 0 Å². The molecular formula is C11H18N2O. The average molecular weight is 194 g/mol. The Labute approximate surface area is 85.4 Å². The Balaban J connectivity index is 3.00. The summed E-state index contributed by atoms with van der Waals surface area (Å²) in [6, 6.07) is 1.97. The molecule has 0 spiro atoms. The predicted octanol–water partition coefficient (Wildman–Crippen LogP) is 1.60. The van der Waals surface area contributed by atoms with Crippen molar-refractivity contribution in [3.05, 3.63) is 24.0 Å². The summed E-state index contributed by atoms with van der Waals surface area (Å²) in [6.07, 6.45) is 3.60. The summed E-state index contributed by atoms with van der Waals surface area (Å²) in [6.45, 7) is 6.16. The highest BCUT2D eigenvalue weighted by atomic mass is 16.3. The predicted molar refractivity (Wildman–Crippen MR) is 58.5 cm³/mol. The maximum absolute atomic E-state index is 9.26. The third-order valence-corrected chi connectivity index (χ3v) is 2.65. The molecule has 0 aliphatic rings. The molecule has 3 nitrogen and oxygen atoms in total. The van der Waals surface area contributed by atoms with E-state index in [0.29, 0.717) is 0 Å². The number of aryl methyl sites for hydroxylation is 1. The van der Waals surface area contributed by atoms with Gasteiger partial charge in [-0.05, 0) is 32.4 Å². The smallest absolute Gasteiger partial charge is 0.0658 e. The normalized spacial score (nSPS) is 11.5. The second kappa shape index (κ2) is 3.96. The van der Waals surface area contributed by atoms with Crippen molar-refractivity contribution in [2.75, 3.05) is 18.6 Å². The second-order valence-electron chi connectivity index (χ2n) is 4.19. The van der Waals surface area contributed by atoms with E-state index in [0.717, 1.165) is 11.3 Å². The van der Waals surface area contributed by atoms with Crippen LogP contribution < -0.4 is 4.90 Å². The van der Waals surface area contributed by atoms with Gasteiger partial charge in [0.25, 0.3) is 0 Å². The third-order valence-electron chi connectivity index (χ3n) is 2.65. The van der Waals surface area contributed by atoms with Crippen LogP contribution in [0.5, 0.6) is 0 Å². The van der Waals surface area contributed by atoms with Crippen LogP contribution >= 0.6 is 0 Å². The first kappa shape index (κ1) is 11.0. The summed E-state index contributed by atoms with van der Waals surface area (Å²) in [4.78, 5) is 6.12. The van der Waals surface area contributed by atoms with E-state index in [1.165, 1.54) is 0 Å². The van der Waals surface area contributed by atoms with Crippen molar-refractivity contribution < 1.29 is 5.11 Å². The van der Waals surface area contributed by atoms with Gasteiger partial charge in [0.05, 0.1) is 12.1 Å². The zero-order valence-electron chi connectivity index (χ0n) is 9.28. The third kappa shape index (κ3) is 2.04. The minimum absolute atomic E-state index is 0.130. The minimum atomic E-state index is -0.244. The van der Waals surface area contributed by atoms with Gasteiger partial charge in [-0.2, -0.15) is 0 Å².